The lowest BCUT2D eigenvalue weighted by atomic mass is 10.1. The van der Waals surface area contributed by atoms with Crippen LogP contribution in [0.3, 0.4) is 0 Å². The van der Waals surface area contributed by atoms with Crippen molar-refractivity contribution in [2.45, 2.75) is 25.0 Å². The molecule has 0 spiro atoms. The Labute approximate surface area is 130 Å². The van der Waals surface area contributed by atoms with Crippen molar-refractivity contribution in [3.8, 4) is 5.75 Å². The molecule has 1 fully saturated rings. The van der Waals surface area contributed by atoms with E-state index in [1.54, 1.807) is 0 Å². The van der Waals surface area contributed by atoms with Gasteiger partial charge in [-0.3, -0.25) is 0 Å². The lowest BCUT2D eigenvalue weighted by molar-refractivity contribution is 0.0645. The molecule has 1 aliphatic heterocycles. The van der Waals surface area contributed by atoms with E-state index in [0.29, 0.717) is 30.3 Å². The van der Waals surface area contributed by atoms with Gasteiger partial charge < -0.3 is 19.9 Å². The molecule has 0 aromatic heterocycles. The number of hydrogen-bond donors (Lipinski definition) is 2. The van der Waals surface area contributed by atoms with Crippen LogP contribution in [0.2, 0.25) is 0 Å². The van der Waals surface area contributed by atoms with E-state index in [9.17, 15) is 13.9 Å². The molecule has 2 N–H and O–H groups in total. The number of halogens is 3. The molecule has 1 saturated heterocycles. The highest BCUT2D eigenvalue weighted by molar-refractivity contribution is 9.10. The first kappa shape index (κ1) is 16.6. The van der Waals surface area contributed by atoms with Gasteiger partial charge in [0.1, 0.15) is 12.7 Å². The molecule has 0 aliphatic carbocycles. The van der Waals surface area contributed by atoms with Crippen LogP contribution in [0.4, 0.5) is 8.78 Å². The van der Waals surface area contributed by atoms with Crippen LogP contribution in [0.25, 0.3) is 0 Å². The Morgan fingerprint density at radius 3 is 2.57 bits per heavy atom. The third kappa shape index (κ3) is 5.18. The third-order valence-corrected chi connectivity index (χ3v) is 3.70. The maximum atomic E-state index is 13.5. The summed E-state index contributed by atoms with van der Waals surface area (Å²) < 4.78 is 37.6. The zero-order chi connectivity index (χ0) is 15.2. The normalized spacial score (nSPS) is 17.7. The van der Waals surface area contributed by atoms with Crippen LogP contribution in [0.5, 0.6) is 5.75 Å². The fraction of sp³-hybridized carbons (Fsp3) is 0.571. The summed E-state index contributed by atoms with van der Waals surface area (Å²) >= 11 is 2.99. The number of aliphatic hydroxyl groups excluding tert-OH is 1. The van der Waals surface area contributed by atoms with Crippen molar-refractivity contribution in [1.82, 2.24) is 5.32 Å². The molecule has 0 bridgehead atoms. The number of benzene rings is 1. The van der Waals surface area contributed by atoms with Crippen LogP contribution in [-0.2, 0) is 4.74 Å². The summed E-state index contributed by atoms with van der Waals surface area (Å²) in [6.07, 6.45) is 0.947. The molecule has 1 unspecified atom stereocenters. The Kier molecular flexibility index (Phi) is 6.35. The van der Waals surface area contributed by atoms with E-state index in [0.717, 1.165) is 25.0 Å². The lowest BCUT2D eigenvalue weighted by Crippen LogP contribution is -2.40. The van der Waals surface area contributed by atoms with Crippen LogP contribution >= 0.6 is 15.9 Å². The van der Waals surface area contributed by atoms with E-state index < -0.39 is 23.5 Å². The molecule has 0 radical (unpaired) electrons. The highest BCUT2D eigenvalue weighted by Crippen LogP contribution is 2.25. The third-order valence-electron chi connectivity index (χ3n) is 3.25. The fourth-order valence-electron chi connectivity index (χ4n) is 2.11. The zero-order valence-corrected chi connectivity index (χ0v) is 13.0. The van der Waals surface area contributed by atoms with E-state index in [2.05, 4.69) is 21.2 Å². The summed E-state index contributed by atoms with van der Waals surface area (Å²) in [6, 6.07) is 2.53. The maximum Gasteiger partial charge on any atom is 0.190 e. The molecule has 7 heteroatoms. The van der Waals surface area contributed by atoms with E-state index in [-0.39, 0.29) is 6.61 Å². The summed E-state index contributed by atoms with van der Waals surface area (Å²) in [6.45, 7) is 1.55. The van der Waals surface area contributed by atoms with Crippen molar-refractivity contribution < 1.29 is 23.4 Å². The summed E-state index contributed by atoms with van der Waals surface area (Å²) in [5.74, 6) is -2.07. The van der Waals surface area contributed by atoms with Gasteiger partial charge in [-0.15, -0.1) is 0 Å². The minimum absolute atomic E-state index is 0.175. The van der Waals surface area contributed by atoms with Gasteiger partial charge in [0.05, 0.1) is 0 Å². The number of ether oxygens (including phenoxy) is 2. The summed E-state index contributed by atoms with van der Waals surface area (Å²) in [5, 5.41) is 13.0. The highest BCUT2D eigenvalue weighted by Gasteiger charge is 2.17. The first-order valence-corrected chi connectivity index (χ1v) is 7.62. The van der Waals surface area contributed by atoms with Gasteiger partial charge in [-0.25, -0.2) is 8.78 Å². The van der Waals surface area contributed by atoms with E-state index in [4.69, 9.17) is 9.47 Å². The molecule has 0 amide bonds. The van der Waals surface area contributed by atoms with E-state index in [1.165, 1.54) is 0 Å². The zero-order valence-electron chi connectivity index (χ0n) is 11.4. The molecule has 4 nitrogen and oxygen atoms in total. The Hall–Kier alpha value is -0.760. The van der Waals surface area contributed by atoms with Crippen molar-refractivity contribution in [2.75, 3.05) is 26.4 Å². The first-order chi connectivity index (χ1) is 10.1. The smallest absolute Gasteiger partial charge is 0.190 e. The van der Waals surface area contributed by atoms with Crippen LogP contribution in [0.1, 0.15) is 12.8 Å². The lowest BCUT2D eigenvalue weighted by Gasteiger charge is -2.24. The van der Waals surface area contributed by atoms with Gasteiger partial charge in [0, 0.05) is 30.3 Å². The molecule has 2 rings (SSSR count). The van der Waals surface area contributed by atoms with Crippen LogP contribution in [-0.4, -0.2) is 43.6 Å². The van der Waals surface area contributed by atoms with Crippen molar-refractivity contribution >= 4 is 15.9 Å². The predicted octanol–water partition coefficient (Wildman–Crippen LogP) is 2.24. The van der Waals surface area contributed by atoms with Gasteiger partial charge in [0.25, 0.3) is 0 Å². The molecule has 1 aromatic rings. The molecule has 1 atom stereocenters. The summed E-state index contributed by atoms with van der Waals surface area (Å²) in [4.78, 5) is 0. The number of hydrogen-bond acceptors (Lipinski definition) is 4. The van der Waals surface area contributed by atoms with Gasteiger partial charge in [-0.2, -0.15) is 0 Å². The Bertz CT molecular complexity index is 447. The molecule has 1 aromatic carbocycles. The monoisotopic (exact) mass is 365 g/mol. The summed E-state index contributed by atoms with van der Waals surface area (Å²) in [7, 11) is 0. The first-order valence-electron chi connectivity index (χ1n) is 6.83. The highest BCUT2D eigenvalue weighted by atomic mass is 79.9. The second-order valence-corrected chi connectivity index (χ2v) is 5.87. The minimum atomic E-state index is -0.838. The van der Waals surface area contributed by atoms with Crippen LogP contribution < -0.4 is 10.1 Å². The Morgan fingerprint density at radius 1 is 1.33 bits per heavy atom. The SMILES string of the molecule is OC(CNC1CCOCC1)COc1c(F)cc(Br)cc1F. The van der Waals surface area contributed by atoms with E-state index in [1.807, 2.05) is 0 Å². The molecule has 118 valence electrons. The number of nitrogens with one attached hydrogen (secondary N) is 1. The van der Waals surface area contributed by atoms with Gasteiger partial charge in [-0.1, -0.05) is 15.9 Å². The van der Waals surface area contributed by atoms with Gasteiger partial charge in [0.2, 0.25) is 0 Å². The average molecular weight is 366 g/mol. The summed E-state index contributed by atoms with van der Waals surface area (Å²) in [5.41, 5.74) is 0. The molecular formula is C14H18BrF2NO3. The number of aliphatic hydroxyl groups is 1. The van der Waals surface area contributed by atoms with Crippen LogP contribution in [0, 0.1) is 11.6 Å². The van der Waals surface area contributed by atoms with Crippen molar-refractivity contribution in [3.05, 3.63) is 28.2 Å². The van der Waals surface area contributed by atoms with Gasteiger partial charge in [-0.05, 0) is 25.0 Å². The molecule has 1 heterocycles. The van der Waals surface area contributed by atoms with Gasteiger partial charge in [0.15, 0.2) is 17.4 Å². The Balaban J connectivity index is 1.77. The van der Waals surface area contributed by atoms with Crippen LogP contribution in [0.15, 0.2) is 16.6 Å². The largest absolute Gasteiger partial charge is 0.485 e. The standard InChI is InChI=1S/C14H18BrF2NO3/c15-9-5-12(16)14(13(17)6-9)21-8-11(19)7-18-10-1-3-20-4-2-10/h5-6,10-11,18-19H,1-4,7-8H2. The second kappa shape index (κ2) is 8.03. The predicted molar refractivity (Wildman–Crippen MR) is 77.4 cm³/mol. The van der Waals surface area contributed by atoms with Crippen molar-refractivity contribution in [3.63, 3.8) is 0 Å². The Morgan fingerprint density at radius 2 is 1.95 bits per heavy atom. The maximum absolute atomic E-state index is 13.5. The molecule has 0 saturated carbocycles. The van der Waals surface area contributed by atoms with Crippen molar-refractivity contribution in [2.24, 2.45) is 0 Å². The van der Waals surface area contributed by atoms with Gasteiger partial charge >= 0.3 is 0 Å². The molecule has 21 heavy (non-hydrogen) atoms. The quantitative estimate of drug-likeness (QED) is 0.811. The fourth-order valence-corrected chi connectivity index (χ4v) is 2.51. The number of rotatable bonds is 6. The second-order valence-electron chi connectivity index (χ2n) is 4.96. The minimum Gasteiger partial charge on any atom is -0.485 e. The molecule has 1 aliphatic rings. The topological polar surface area (TPSA) is 50.7 Å². The van der Waals surface area contributed by atoms with Crippen molar-refractivity contribution in [1.29, 1.82) is 0 Å². The van der Waals surface area contributed by atoms with E-state index >= 15 is 0 Å². The molecular weight excluding hydrogens is 348 g/mol. The average Bonchev–Trinajstić information content (AvgIpc) is 2.45.